The molecule has 3 heteroatoms. The average Bonchev–Trinajstić information content (AvgIpc) is 2.73. The average molecular weight is 316 g/mol. The molecule has 7 atom stereocenters. The highest BCUT2D eigenvalue weighted by Crippen LogP contribution is 2.61. The lowest BCUT2D eigenvalue weighted by molar-refractivity contribution is -0.0746. The van der Waals surface area contributed by atoms with Gasteiger partial charge in [-0.25, -0.2) is 0 Å². The van der Waals surface area contributed by atoms with Crippen LogP contribution in [-0.4, -0.2) is 35.6 Å². The molecule has 1 aromatic carbocycles. The highest BCUT2D eigenvalue weighted by Gasteiger charge is 2.62. The van der Waals surface area contributed by atoms with Crippen LogP contribution < -0.4 is 0 Å². The molecule has 0 amide bonds. The van der Waals surface area contributed by atoms with Crippen LogP contribution in [0.2, 0.25) is 0 Å². The molecule has 0 aromatic heterocycles. The van der Waals surface area contributed by atoms with Crippen LogP contribution in [0.5, 0.6) is 0 Å². The topological polar surface area (TPSA) is 49.7 Å². The number of ether oxygens (including phenoxy) is 1. The van der Waals surface area contributed by atoms with Gasteiger partial charge in [-0.2, -0.15) is 0 Å². The van der Waals surface area contributed by atoms with Crippen molar-refractivity contribution >= 4 is 0 Å². The molecule has 4 rings (SSSR count). The number of fused-ring (bicyclic) bond motifs is 5. The molecule has 0 aliphatic heterocycles. The predicted octanol–water partition coefficient (Wildman–Crippen LogP) is 2.81. The van der Waals surface area contributed by atoms with Crippen LogP contribution in [-0.2, 0) is 11.2 Å². The molecule has 1 aromatic rings. The van der Waals surface area contributed by atoms with Crippen molar-refractivity contribution in [1.82, 2.24) is 0 Å². The lowest BCUT2D eigenvalue weighted by Crippen LogP contribution is -2.46. The Labute approximate surface area is 138 Å². The van der Waals surface area contributed by atoms with Gasteiger partial charge in [0.2, 0.25) is 0 Å². The maximum atomic E-state index is 10.8. The molecule has 2 fully saturated rings. The Morgan fingerprint density at radius 3 is 2.70 bits per heavy atom. The Bertz CT molecular complexity index is 613. The number of hydrogen-bond acceptors (Lipinski definition) is 3. The fraction of sp³-hybridized carbons (Fsp3) is 0.700. The minimum Gasteiger partial charge on any atom is -0.390 e. The first-order valence-corrected chi connectivity index (χ1v) is 8.95. The van der Waals surface area contributed by atoms with Crippen LogP contribution >= 0.6 is 0 Å². The minimum absolute atomic E-state index is 0.114. The standard InChI is InChI=1S/C20H28O3/c1-11-4-6-13-12(10-11)5-7-15-14(13)8-9-20(2)16(15)17(21)18(22)19(20)23-3/h4,6,10,14-19,21-22H,5,7-9H2,1-3H3/t14?,15?,16?,17-,18-,19-,20-/m0/s1. The van der Waals surface area contributed by atoms with Crippen molar-refractivity contribution < 1.29 is 14.9 Å². The number of methoxy groups -OCH3 is 1. The molecule has 2 N–H and O–H groups in total. The zero-order valence-electron chi connectivity index (χ0n) is 14.3. The van der Waals surface area contributed by atoms with Crippen LogP contribution in [0.15, 0.2) is 18.2 Å². The third-order valence-corrected chi connectivity index (χ3v) is 7.11. The first-order chi connectivity index (χ1) is 11.0. The molecule has 126 valence electrons. The van der Waals surface area contributed by atoms with E-state index < -0.39 is 12.2 Å². The van der Waals surface area contributed by atoms with E-state index in [0.29, 0.717) is 11.8 Å². The summed E-state index contributed by atoms with van der Waals surface area (Å²) >= 11 is 0. The minimum atomic E-state index is -0.756. The Morgan fingerprint density at radius 1 is 1.17 bits per heavy atom. The first kappa shape index (κ1) is 15.6. The first-order valence-electron chi connectivity index (χ1n) is 8.95. The fourth-order valence-electron chi connectivity index (χ4n) is 6.15. The number of rotatable bonds is 1. The lowest BCUT2D eigenvalue weighted by atomic mass is 9.55. The Hall–Kier alpha value is -0.900. The van der Waals surface area contributed by atoms with Gasteiger partial charge in [0.05, 0.1) is 12.2 Å². The highest BCUT2D eigenvalue weighted by molar-refractivity contribution is 5.38. The van der Waals surface area contributed by atoms with Crippen LogP contribution in [0.1, 0.15) is 48.8 Å². The summed E-state index contributed by atoms with van der Waals surface area (Å²) in [5.41, 5.74) is 4.19. The molecular formula is C20H28O3. The van der Waals surface area contributed by atoms with Gasteiger partial charge in [0, 0.05) is 12.5 Å². The molecule has 3 aliphatic rings. The van der Waals surface area contributed by atoms with Gasteiger partial charge in [-0.15, -0.1) is 0 Å². The molecule has 3 aliphatic carbocycles. The largest absolute Gasteiger partial charge is 0.390 e. The van der Waals surface area contributed by atoms with E-state index in [0.717, 1.165) is 25.7 Å². The van der Waals surface area contributed by atoms with E-state index in [1.54, 1.807) is 7.11 Å². The van der Waals surface area contributed by atoms with Gasteiger partial charge in [0.1, 0.15) is 6.10 Å². The summed E-state index contributed by atoms with van der Waals surface area (Å²) in [7, 11) is 1.67. The summed E-state index contributed by atoms with van der Waals surface area (Å²) in [6, 6.07) is 6.85. The summed E-state index contributed by atoms with van der Waals surface area (Å²) < 4.78 is 5.62. The van der Waals surface area contributed by atoms with Gasteiger partial charge in [-0.3, -0.25) is 0 Å². The van der Waals surface area contributed by atoms with Gasteiger partial charge in [-0.1, -0.05) is 30.7 Å². The van der Waals surface area contributed by atoms with Crippen LogP contribution in [0.4, 0.5) is 0 Å². The molecule has 0 heterocycles. The molecule has 0 radical (unpaired) electrons. The van der Waals surface area contributed by atoms with Crippen molar-refractivity contribution in [1.29, 1.82) is 0 Å². The Balaban J connectivity index is 1.73. The quantitative estimate of drug-likeness (QED) is 0.837. The third kappa shape index (κ3) is 2.06. The Kier molecular flexibility index (Phi) is 3.60. The second-order valence-electron chi connectivity index (χ2n) is 8.22. The third-order valence-electron chi connectivity index (χ3n) is 7.11. The maximum Gasteiger partial charge on any atom is 0.107 e. The van der Waals surface area contributed by atoms with Crippen molar-refractivity contribution in [3.8, 4) is 0 Å². The van der Waals surface area contributed by atoms with Gasteiger partial charge in [0.15, 0.2) is 0 Å². The van der Waals surface area contributed by atoms with E-state index in [4.69, 9.17) is 4.74 Å². The van der Waals surface area contributed by atoms with Crippen molar-refractivity contribution in [3.63, 3.8) is 0 Å². The lowest BCUT2D eigenvalue weighted by Gasteiger charge is -2.50. The zero-order chi connectivity index (χ0) is 16.4. The molecule has 0 spiro atoms. The van der Waals surface area contributed by atoms with E-state index in [1.165, 1.54) is 16.7 Å². The van der Waals surface area contributed by atoms with Crippen LogP contribution in [0, 0.1) is 24.2 Å². The molecule has 0 saturated heterocycles. The number of aryl methyl sites for hydroxylation is 2. The fourth-order valence-corrected chi connectivity index (χ4v) is 6.15. The SMILES string of the molecule is CO[C@H]1[C@@H](O)[C@@H](O)C2C3CCc4cc(C)ccc4C3CC[C@@]21C. The van der Waals surface area contributed by atoms with Crippen molar-refractivity contribution in [2.24, 2.45) is 17.3 Å². The summed E-state index contributed by atoms with van der Waals surface area (Å²) in [5, 5.41) is 21.3. The second-order valence-corrected chi connectivity index (χ2v) is 8.22. The number of aliphatic hydroxyl groups is 2. The maximum absolute atomic E-state index is 10.8. The van der Waals surface area contributed by atoms with Crippen molar-refractivity contribution in [3.05, 3.63) is 34.9 Å². The van der Waals surface area contributed by atoms with E-state index in [2.05, 4.69) is 32.0 Å². The van der Waals surface area contributed by atoms with Gasteiger partial charge in [0.25, 0.3) is 0 Å². The van der Waals surface area contributed by atoms with Crippen LogP contribution in [0.3, 0.4) is 0 Å². The summed E-state index contributed by atoms with van der Waals surface area (Å²) in [6.45, 7) is 4.37. The number of benzene rings is 1. The zero-order valence-corrected chi connectivity index (χ0v) is 14.3. The highest BCUT2D eigenvalue weighted by atomic mass is 16.5. The predicted molar refractivity (Wildman–Crippen MR) is 89.4 cm³/mol. The molecule has 3 unspecified atom stereocenters. The van der Waals surface area contributed by atoms with Gasteiger partial charge >= 0.3 is 0 Å². The smallest absolute Gasteiger partial charge is 0.107 e. The van der Waals surface area contributed by atoms with E-state index >= 15 is 0 Å². The van der Waals surface area contributed by atoms with Gasteiger partial charge in [-0.05, 0) is 61.5 Å². The molecule has 3 nitrogen and oxygen atoms in total. The number of hydrogen-bond donors (Lipinski definition) is 2. The molecule has 2 saturated carbocycles. The van der Waals surface area contributed by atoms with Crippen LogP contribution in [0.25, 0.3) is 0 Å². The molecule has 23 heavy (non-hydrogen) atoms. The van der Waals surface area contributed by atoms with Gasteiger partial charge < -0.3 is 14.9 Å². The monoisotopic (exact) mass is 316 g/mol. The van der Waals surface area contributed by atoms with E-state index in [-0.39, 0.29) is 17.4 Å². The summed E-state index contributed by atoms with van der Waals surface area (Å²) in [4.78, 5) is 0. The molecule has 0 bridgehead atoms. The van der Waals surface area contributed by atoms with Crippen molar-refractivity contribution in [2.45, 2.75) is 63.8 Å². The number of aliphatic hydroxyl groups excluding tert-OH is 2. The summed E-state index contributed by atoms with van der Waals surface area (Å²) in [6.07, 6.45) is 2.68. The van der Waals surface area contributed by atoms with Crippen molar-refractivity contribution in [2.75, 3.05) is 7.11 Å². The normalized spacial score (nSPS) is 45.3. The summed E-state index contributed by atoms with van der Waals surface area (Å²) in [5.74, 6) is 1.11. The second kappa shape index (κ2) is 5.30. The van der Waals surface area contributed by atoms with E-state index in [9.17, 15) is 10.2 Å². The molecular weight excluding hydrogens is 288 g/mol. The Morgan fingerprint density at radius 2 is 1.96 bits per heavy atom. The van der Waals surface area contributed by atoms with E-state index in [1.807, 2.05) is 0 Å².